The average molecular weight is 266 g/mol. The third-order valence-corrected chi connectivity index (χ3v) is 3.13. The molecule has 0 radical (unpaired) electrons. The first-order valence-corrected chi connectivity index (χ1v) is 6.17. The van der Waals surface area contributed by atoms with Gasteiger partial charge in [0.2, 0.25) is 0 Å². The van der Waals surface area contributed by atoms with Crippen LogP contribution in [-0.2, 0) is 12.1 Å². The molecule has 0 saturated carbocycles. The van der Waals surface area contributed by atoms with Gasteiger partial charge in [0.1, 0.15) is 5.60 Å². The van der Waals surface area contributed by atoms with E-state index in [1.165, 1.54) is 25.3 Å². The highest BCUT2D eigenvalue weighted by atomic mass is 19.2. The fraction of sp³-hybridized carbons (Fsp3) is 0.357. The van der Waals surface area contributed by atoms with Crippen molar-refractivity contribution in [1.82, 2.24) is 9.78 Å². The van der Waals surface area contributed by atoms with Gasteiger partial charge in [0, 0.05) is 18.3 Å². The number of benzene rings is 1. The van der Waals surface area contributed by atoms with Gasteiger partial charge in [-0.05, 0) is 25.5 Å². The summed E-state index contributed by atoms with van der Waals surface area (Å²) in [6, 6.07) is 5.39. The molecule has 1 unspecified atom stereocenters. The van der Waals surface area contributed by atoms with Crippen molar-refractivity contribution < 1.29 is 13.9 Å². The van der Waals surface area contributed by atoms with Gasteiger partial charge in [-0.2, -0.15) is 5.10 Å². The molecule has 3 nitrogen and oxygen atoms in total. The molecule has 0 bridgehead atoms. The van der Waals surface area contributed by atoms with Crippen molar-refractivity contribution in [2.75, 3.05) is 0 Å². The molecule has 102 valence electrons. The van der Waals surface area contributed by atoms with Crippen molar-refractivity contribution in [3.8, 4) is 0 Å². The van der Waals surface area contributed by atoms with Crippen LogP contribution >= 0.6 is 0 Å². The SMILES string of the molecule is CCCn1nccc1C(C)(O)c1cccc(F)c1F. The van der Waals surface area contributed by atoms with Crippen LogP contribution in [0.5, 0.6) is 0 Å². The number of rotatable bonds is 4. The van der Waals surface area contributed by atoms with Gasteiger partial charge in [0.15, 0.2) is 11.6 Å². The molecule has 0 fully saturated rings. The molecule has 0 aliphatic carbocycles. The standard InChI is InChI=1S/C14H16F2N2O/c1-3-9-18-12(7-8-17-18)14(2,19)10-5-4-6-11(15)13(10)16/h4-8,19H,3,9H2,1-2H3. The molecule has 2 aromatic rings. The Morgan fingerprint density at radius 2 is 2.05 bits per heavy atom. The highest BCUT2D eigenvalue weighted by Crippen LogP contribution is 2.31. The Balaban J connectivity index is 2.52. The molecule has 2 rings (SSSR count). The Morgan fingerprint density at radius 3 is 2.74 bits per heavy atom. The molecule has 0 amide bonds. The van der Waals surface area contributed by atoms with Gasteiger partial charge in [-0.3, -0.25) is 4.68 Å². The molecule has 0 saturated heterocycles. The lowest BCUT2D eigenvalue weighted by molar-refractivity contribution is 0.0864. The molecule has 1 heterocycles. The largest absolute Gasteiger partial charge is 0.379 e. The van der Waals surface area contributed by atoms with Crippen LogP contribution in [0.2, 0.25) is 0 Å². The Morgan fingerprint density at radius 1 is 1.32 bits per heavy atom. The van der Waals surface area contributed by atoms with Crippen molar-refractivity contribution in [2.24, 2.45) is 0 Å². The van der Waals surface area contributed by atoms with Gasteiger partial charge < -0.3 is 5.11 Å². The highest BCUT2D eigenvalue weighted by molar-refractivity contribution is 5.32. The maximum Gasteiger partial charge on any atom is 0.165 e. The monoisotopic (exact) mass is 266 g/mol. The number of aromatic nitrogens is 2. The van der Waals surface area contributed by atoms with Gasteiger partial charge in [0.25, 0.3) is 0 Å². The zero-order chi connectivity index (χ0) is 14.0. The van der Waals surface area contributed by atoms with Crippen LogP contribution in [-0.4, -0.2) is 14.9 Å². The molecule has 0 aliphatic heterocycles. The summed E-state index contributed by atoms with van der Waals surface area (Å²) in [6.45, 7) is 4.02. The molecule has 5 heteroatoms. The van der Waals surface area contributed by atoms with E-state index >= 15 is 0 Å². The fourth-order valence-electron chi connectivity index (χ4n) is 2.15. The molecule has 0 spiro atoms. The third-order valence-electron chi connectivity index (χ3n) is 3.13. The zero-order valence-electron chi connectivity index (χ0n) is 10.9. The van der Waals surface area contributed by atoms with E-state index in [4.69, 9.17) is 0 Å². The van der Waals surface area contributed by atoms with Crippen molar-refractivity contribution in [2.45, 2.75) is 32.4 Å². The van der Waals surface area contributed by atoms with Crippen LogP contribution in [0.3, 0.4) is 0 Å². The normalized spacial score (nSPS) is 14.4. The van der Waals surface area contributed by atoms with E-state index in [1.807, 2.05) is 6.92 Å². The topological polar surface area (TPSA) is 38.0 Å². The van der Waals surface area contributed by atoms with Crippen molar-refractivity contribution >= 4 is 0 Å². The molecule has 19 heavy (non-hydrogen) atoms. The highest BCUT2D eigenvalue weighted by Gasteiger charge is 2.33. The Hall–Kier alpha value is -1.75. The van der Waals surface area contributed by atoms with Crippen LogP contribution in [0.1, 0.15) is 31.5 Å². The number of nitrogens with zero attached hydrogens (tertiary/aromatic N) is 2. The fourth-order valence-corrected chi connectivity index (χ4v) is 2.15. The number of halogens is 2. The minimum Gasteiger partial charge on any atom is -0.379 e. The second kappa shape index (κ2) is 5.09. The van der Waals surface area contributed by atoms with E-state index in [9.17, 15) is 13.9 Å². The Bertz CT molecular complexity index is 579. The molecule has 1 aromatic heterocycles. The minimum absolute atomic E-state index is 0.0923. The van der Waals surface area contributed by atoms with E-state index in [0.717, 1.165) is 12.5 Å². The first kappa shape index (κ1) is 13.7. The first-order chi connectivity index (χ1) is 8.98. The Kier molecular flexibility index (Phi) is 3.66. The predicted molar refractivity (Wildman–Crippen MR) is 67.5 cm³/mol. The van der Waals surface area contributed by atoms with Gasteiger partial charge in [-0.25, -0.2) is 8.78 Å². The molecule has 0 aliphatic rings. The van der Waals surface area contributed by atoms with E-state index in [-0.39, 0.29) is 5.56 Å². The van der Waals surface area contributed by atoms with E-state index < -0.39 is 17.2 Å². The van der Waals surface area contributed by atoms with Crippen LogP contribution in [0.25, 0.3) is 0 Å². The van der Waals surface area contributed by atoms with Crippen LogP contribution in [0.15, 0.2) is 30.5 Å². The summed E-state index contributed by atoms with van der Waals surface area (Å²) in [5, 5.41) is 14.7. The molecular weight excluding hydrogens is 250 g/mol. The second-order valence-corrected chi connectivity index (χ2v) is 4.61. The molecule has 1 atom stereocenters. The molecule has 1 aromatic carbocycles. The average Bonchev–Trinajstić information content (AvgIpc) is 2.82. The number of aryl methyl sites for hydroxylation is 1. The summed E-state index contributed by atoms with van der Waals surface area (Å²) in [4.78, 5) is 0. The summed E-state index contributed by atoms with van der Waals surface area (Å²) in [7, 11) is 0. The lowest BCUT2D eigenvalue weighted by atomic mass is 9.91. The second-order valence-electron chi connectivity index (χ2n) is 4.61. The number of aliphatic hydroxyl groups is 1. The van der Waals surface area contributed by atoms with Crippen molar-refractivity contribution in [3.63, 3.8) is 0 Å². The van der Waals surface area contributed by atoms with E-state index in [1.54, 1.807) is 10.7 Å². The Labute approximate surface area is 110 Å². The van der Waals surface area contributed by atoms with Gasteiger partial charge in [-0.15, -0.1) is 0 Å². The smallest absolute Gasteiger partial charge is 0.165 e. The van der Waals surface area contributed by atoms with Gasteiger partial charge in [-0.1, -0.05) is 19.1 Å². The first-order valence-electron chi connectivity index (χ1n) is 6.17. The van der Waals surface area contributed by atoms with E-state index in [2.05, 4.69) is 5.10 Å². The van der Waals surface area contributed by atoms with Crippen molar-refractivity contribution in [3.05, 3.63) is 53.4 Å². The lowest BCUT2D eigenvalue weighted by Gasteiger charge is -2.25. The van der Waals surface area contributed by atoms with Crippen LogP contribution < -0.4 is 0 Å². The van der Waals surface area contributed by atoms with Gasteiger partial charge >= 0.3 is 0 Å². The number of hydrogen-bond acceptors (Lipinski definition) is 2. The lowest BCUT2D eigenvalue weighted by Crippen LogP contribution is -2.28. The zero-order valence-corrected chi connectivity index (χ0v) is 10.9. The van der Waals surface area contributed by atoms with Gasteiger partial charge in [0.05, 0.1) is 5.69 Å². The van der Waals surface area contributed by atoms with E-state index in [0.29, 0.717) is 12.2 Å². The minimum atomic E-state index is -1.63. The summed E-state index contributed by atoms with van der Waals surface area (Å²) >= 11 is 0. The third kappa shape index (κ3) is 2.38. The summed E-state index contributed by atoms with van der Waals surface area (Å²) in [6.07, 6.45) is 2.37. The van der Waals surface area contributed by atoms with Crippen LogP contribution in [0.4, 0.5) is 8.78 Å². The van der Waals surface area contributed by atoms with Crippen molar-refractivity contribution in [1.29, 1.82) is 0 Å². The maximum absolute atomic E-state index is 13.8. The maximum atomic E-state index is 13.8. The van der Waals surface area contributed by atoms with Crippen LogP contribution in [0, 0.1) is 11.6 Å². The summed E-state index contributed by atoms with van der Waals surface area (Å²) in [5.41, 5.74) is -1.28. The number of hydrogen-bond donors (Lipinski definition) is 1. The molecular formula is C14H16F2N2O. The summed E-state index contributed by atoms with van der Waals surface area (Å²) in [5.74, 6) is -2.00. The predicted octanol–water partition coefficient (Wildman–Crippen LogP) is 2.83. The molecule has 1 N–H and O–H groups in total. The quantitative estimate of drug-likeness (QED) is 0.924. The summed E-state index contributed by atoms with van der Waals surface area (Å²) < 4.78 is 28.7.